The van der Waals surface area contributed by atoms with Crippen molar-refractivity contribution in [2.24, 2.45) is 0 Å². The molecule has 0 bridgehead atoms. The van der Waals surface area contributed by atoms with Crippen LogP contribution in [0.25, 0.3) is 0 Å². The van der Waals surface area contributed by atoms with Crippen LogP contribution in [0.3, 0.4) is 0 Å². The van der Waals surface area contributed by atoms with Gasteiger partial charge in [-0.1, -0.05) is 6.92 Å². The Balaban J connectivity index is 2.08. The molecule has 0 atom stereocenters. The second-order valence-corrected chi connectivity index (χ2v) is 6.87. The average Bonchev–Trinajstić information content (AvgIpc) is 2.98. The second-order valence-electron chi connectivity index (χ2n) is 6.87. The van der Waals surface area contributed by atoms with E-state index in [1.165, 1.54) is 7.11 Å². The highest BCUT2D eigenvalue weighted by molar-refractivity contribution is 6.00. The number of hydrogen-bond donors (Lipinski definition) is 2. The Morgan fingerprint density at radius 2 is 1.75 bits per heavy atom. The fourth-order valence-electron chi connectivity index (χ4n) is 3.19. The van der Waals surface area contributed by atoms with Gasteiger partial charge < -0.3 is 14.0 Å². The quantitative estimate of drug-likeness (QED) is 0.712. The zero-order chi connectivity index (χ0) is 20.8. The molecule has 1 aromatic heterocycles. The summed E-state index contributed by atoms with van der Waals surface area (Å²) in [5, 5.41) is 0. The molecular weight excluding hydrogens is 358 g/mol. The third-order valence-electron chi connectivity index (χ3n) is 4.42. The van der Waals surface area contributed by atoms with Crippen LogP contribution in [-0.4, -0.2) is 30.1 Å². The number of rotatable bonds is 7. The van der Waals surface area contributed by atoms with Gasteiger partial charge in [-0.3, -0.25) is 20.4 Å². The summed E-state index contributed by atoms with van der Waals surface area (Å²) in [4.78, 5) is 24.9. The summed E-state index contributed by atoms with van der Waals surface area (Å²) < 4.78 is 13.0. The van der Waals surface area contributed by atoms with Gasteiger partial charge in [0.1, 0.15) is 0 Å². The normalized spacial score (nSPS) is 10.7. The molecule has 2 N–H and O–H groups in total. The highest BCUT2D eigenvalue weighted by Crippen LogP contribution is 2.28. The maximum absolute atomic E-state index is 12.5. The number of methoxy groups -OCH3 is 1. The Morgan fingerprint density at radius 1 is 1.07 bits per heavy atom. The van der Waals surface area contributed by atoms with Crippen molar-refractivity contribution < 1.29 is 19.1 Å². The minimum absolute atomic E-state index is 0.247. The highest BCUT2D eigenvalue weighted by atomic mass is 16.5. The first kappa shape index (κ1) is 21.3. The number of aromatic nitrogens is 1. The van der Waals surface area contributed by atoms with E-state index in [2.05, 4.69) is 29.3 Å². The molecule has 0 radical (unpaired) electrons. The molecule has 1 aromatic carbocycles. The van der Waals surface area contributed by atoms with Gasteiger partial charge in [0.15, 0.2) is 11.5 Å². The van der Waals surface area contributed by atoms with Gasteiger partial charge in [-0.15, -0.1) is 0 Å². The lowest BCUT2D eigenvalue weighted by Crippen LogP contribution is -2.41. The number of amides is 2. The van der Waals surface area contributed by atoms with Crippen molar-refractivity contribution in [2.45, 2.75) is 47.1 Å². The summed E-state index contributed by atoms with van der Waals surface area (Å²) >= 11 is 0. The summed E-state index contributed by atoms with van der Waals surface area (Å²) in [6.45, 7) is 10.5. The minimum Gasteiger partial charge on any atom is -0.493 e. The Hall–Kier alpha value is -2.96. The fourth-order valence-corrected chi connectivity index (χ4v) is 3.19. The molecule has 2 rings (SSSR count). The molecule has 2 amide bonds. The molecular formula is C21H29N3O4. The number of benzene rings is 1. The monoisotopic (exact) mass is 387 g/mol. The molecule has 7 nitrogen and oxygen atoms in total. The second kappa shape index (κ2) is 9.30. The highest BCUT2D eigenvalue weighted by Gasteiger charge is 2.18. The number of ether oxygens (including phenoxy) is 2. The molecule has 0 saturated heterocycles. The van der Waals surface area contributed by atoms with Gasteiger partial charge in [0, 0.05) is 23.0 Å². The van der Waals surface area contributed by atoms with E-state index < -0.39 is 5.91 Å². The number of nitrogens with one attached hydrogen (secondary N) is 2. The van der Waals surface area contributed by atoms with E-state index >= 15 is 0 Å². The van der Waals surface area contributed by atoms with Gasteiger partial charge in [0.25, 0.3) is 11.8 Å². The largest absolute Gasteiger partial charge is 0.493 e. The Bertz CT molecular complexity index is 856. The van der Waals surface area contributed by atoms with Crippen LogP contribution in [0.1, 0.15) is 65.3 Å². The average molecular weight is 387 g/mol. The first-order valence-corrected chi connectivity index (χ1v) is 9.40. The number of carbonyl (C=O) groups is 2. The van der Waals surface area contributed by atoms with Crippen LogP contribution in [-0.2, 0) is 0 Å². The maximum atomic E-state index is 12.5. The molecule has 28 heavy (non-hydrogen) atoms. The lowest BCUT2D eigenvalue weighted by Gasteiger charge is -2.14. The van der Waals surface area contributed by atoms with E-state index in [0.717, 1.165) is 17.8 Å². The van der Waals surface area contributed by atoms with Crippen LogP contribution in [0.2, 0.25) is 0 Å². The number of hydrogen-bond acceptors (Lipinski definition) is 4. The molecule has 0 aliphatic rings. The van der Waals surface area contributed by atoms with Gasteiger partial charge in [0.05, 0.1) is 19.3 Å². The number of aryl methyl sites for hydroxylation is 1. The van der Waals surface area contributed by atoms with Crippen LogP contribution in [0.15, 0.2) is 24.3 Å². The molecule has 0 unspecified atom stereocenters. The smallest absolute Gasteiger partial charge is 0.271 e. The van der Waals surface area contributed by atoms with Crippen molar-refractivity contribution >= 4 is 11.8 Å². The van der Waals surface area contributed by atoms with E-state index in [0.29, 0.717) is 29.2 Å². The fraction of sp³-hybridized carbons (Fsp3) is 0.429. The van der Waals surface area contributed by atoms with Crippen LogP contribution in [0, 0.1) is 13.8 Å². The van der Waals surface area contributed by atoms with E-state index in [-0.39, 0.29) is 11.9 Å². The van der Waals surface area contributed by atoms with E-state index in [4.69, 9.17) is 9.47 Å². The molecule has 0 fully saturated rings. The lowest BCUT2D eigenvalue weighted by molar-refractivity contribution is 0.0846. The third-order valence-corrected chi connectivity index (χ3v) is 4.42. The van der Waals surface area contributed by atoms with Crippen LogP contribution in [0.5, 0.6) is 11.5 Å². The first-order chi connectivity index (χ1) is 13.3. The molecule has 0 spiro atoms. The van der Waals surface area contributed by atoms with Crippen molar-refractivity contribution in [1.82, 2.24) is 15.4 Å². The van der Waals surface area contributed by atoms with Crippen molar-refractivity contribution in [2.75, 3.05) is 13.7 Å². The van der Waals surface area contributed by atoms with Gasteiger partial charge in [-0.2, -0.15) is 0 Å². The number of nitrogens with zero attached hydrogens (tertiary/aromatic N) is 1. The van der Waals surface area contributed by atoms with Gasteiger partial charge in [0.2, 0.25) is 0 Å². The van der Waals surface area contributed by atoms with Gasteiger partial charge in [-0.05, 0) is 58.4 Å². The van der Waals surface area contributed by atoms with E-state index in [9.17, 15) is 9.59 Å². The van der Waals surface area contributed by atoms with Crippen molar-refractivity contribution in [3.05, 3.63) is 46.8 Å². The predicted octanol–water partition coefficient (Wildman–Crippen LogP) is 3.56. The van der Waals surface area contributed by atoms with Crippen molar-refractivity contribution in [3.63, 3.8) is 0 Å². The van der Waals surface area contributed by atoms with Crippen LogP contribution in [0.4, 0.5) is 0 Å². The Morgan fingerprint density at radius 3 is 2.32 bits per heavy atom. The van der Waals surface area contributed by atoms with Crippen molar-refractivity contribution in [1.29, 1.82) is 0 Å². The summed E-state index contributed by atoms with van der Waals surface area (Å²) in [6.07, 6.45) is 0.870. The Labute approximate surface area is 166 Å². The standard InChI is InChI=1S/C21H29N3O4/c1-7-10-28-18-9-8-16(12-19(18)27-6)20(25)22-23-21(26)17-11-14(4)24(13(2)3)15(17)5/h8-9,11-13H,7,10H2,1-6H3,(H,22,25)(H,23,26). The Kier molecular flexibility index (Phi) is 7.09. The maximum Gasteiger partial charge on any atom is 0.271 e. The lowest BCUT2D eigenvalue weighted by atomic mass is 10.2. The van der Waals surface area contributed by atoms with E-state index in [1.807, 2.05) is 26.8 Å². The third kappa shape index (κ3) is 4.65. The summed E-state index contributed by atoms with van der Waals surface area (Å²) in [5.41, 5.74) is 7.68. The molecule has 0 aliphatic carbocycles. The molecule has 1 heterocycles. The van der Waals surface area contributed by atoms with Crippen LogP contribution < -0.4 is 20.3 Å². The SMILES string of the molecule is CCCOc1ccc(C(=O)NNC(=O)c2cc(C)n(C(C)C)c2C)cc1OC. The minimum atomic E-state index is -0.439. The summed E-state index contributed by atoms with van der Waals surface area (Å²) in [6, 6.07) is 6.95. The van der Waals surface area contributed by atoms with Gasteiger partial charge in [-0.25, -0.2) is 0 Å². The topological polar surface area (TPSA) is 81.6 Å². The summed E-state index contributed by atoms with van der Waals surface area (Å²) in [5.74, 6) is 0.244. The van der Waals surface area contributed by atoms with Gasteiger partial charge >= 0.3 is 0 Å². The molecule has 2 aromatic rings. The molecule has 7 heteroatoms. The summed E-state index contributed by atoms with van der Waals surface area (Å²) in [7, 11) is 1.52. The predicted molar refractivity (Wildman–Crippen MR) is 108 cm³/mol. The van der Waals surface area contributed by atoms with Crippen LogP contribution >= 0.6 is 0 Å². The zero-order valence-corrected chi connectivity index (χ0v) is 17.4. The molecule has 0 saturated carbocycles. The molecule has 152 valence electrons. The molecule has 0 aliphatic heterocycles. The van der Waals surface area contributed by atoms with Crippen molar-refractivity contribution in [3.8, 4) is 11.5 Å². The first-order valence-electron chi connectivity index (χ1n) is 9.40. The van der Waals surface area contributed by atoms with E-state index in [1.54, 1.807) is 18.2 Å². The zero-order valence-electron chi connectivity index (χ0n) is 17.4. The number of carbonyl (C=O) groups excluding carboxylic acids is 2. The number of hydrazine groups is 1.